The fourth-order valence-corrected chi connectivity index (χ4v) is 4.17. The molecule has 27 heavy (non-hydrogen) atoms. The molecular formula is C19H18BrCl3N2O2. The molecule has 1 aromatic heterocycles. The maximum absolute atomic E-state index is 12.2. The third-order valence-corrected chi connectivity index (χ3v) is 6.26. The van der Waals surface area contributed by atoms with Crippen molar-refractivity contribution in [3.8, 4) is 5.88 Å². The van der Waals surface area contributed by atoms with Crippen molar-refractivity contribution in [2.75, 3.05) is 18.4 Å². The maximum atomic E-state index is 12.2. The third kappa shape index (κ3) is 4.89. The van der Waals surface area contributed by atoms with Gasteiger partial charge in [-0.2, -0.15) is 0 Å². The minimum atomic E-state index is -0.161. The van der Waals surface area contributed by atoms with Crippen LogP contribution in [0.25, 0.3) is 0 Å². The Morgan fingerprint density at radius 2 is 2.04 bits per heavy atom. The van der Waals surface area contributed by atoms with Crippen LogP contribution in [0.3, 0.4) is 0 Å². The van der Waals surface area contributed by atoms with Gasteiger partial charge < -0.3 is 9.64 Å². The monoisotopic (exact) mass is 490 g/mol. The lowest BCUT2D eigenvalue weighted by Gasteiger charge is -2.25. The molecule has 1 saturated heterocycles. The predicted octanol–water partition coefficient (Wildman–Crippen LogP) is 5.45. The third-order valence-electron chi connectivity index (χ3n) is 4.81. The van der Waals surface area contributed by atoms with Gasteiger partial charge in [-0.3, -0.25) is 4.79 Å². The van der Waals surface area contributed by atoms with E-state index in [2.05, 4.69) is 20.9 Å². The standard InChI is InChI=1S/C19H18BrCl3N2O2/c1-11(27-18-5-3-13(21)8-24-18)14-9-25(19(26)7-20)10-15(14)12-2-4-16(22)17(23)6-12/h2-6,8,11,14-15H,7,9-10H2,1H3. The van der Waals surface area contributed by atoms with Crippen molar-refractivity contribution in [1.29, 1.82) is 0 Å². The number of halogens is 4. The summed E-state index contributed by atoms with van der Waals surface area (Å²) in [6, 6.07) is 9.10. The van der Waals surface area contributed by atoms with Gasteiger partial charge in [0.2, 0.25) is 11.8 Å². The van der Waals surface area contributed by atoms with Gasteiger partial charge in [-0.15, -0.1) is 0 Å². The first-order chi connectivity index (χ1) is 12.9. The summed E-state index contributed by atoms with van der Waals surface area (Å²) in [4.78, 5) is 18.3. The molecule has 1 aliphatic heterocycles. The van der Waals surface area contributed by atoms with Crippen LogP contribution in [0, 0.1) is 5.92 Å². The van der Waals surface area contributed by atoms with Gasteiger partial charge in [0.05, 0.1) is 20.4 Å². The molecule has 0 saturated carbocycles. The number of aromatic nitrogens is 1. The Kier molecular flexibility index (Phi) is 6.90. The smallest absolute Gasteiger partial charge is 0.233 e. The van der Waals surface area contributed by atoms with Gasteiger partial charge in [0, 0.05) is 37.2 Å². The van der Waals surface area contributed by atoms with Crippen molar-refractivity contribution >= 4 is 56.6 Å². The Morgan fingerprint density at radius 3 is 2.67 bits per heavy atom. The number of hydrogen-bond acceptors (Lipinski definition) is 3. The summed E-state index contributed by atoms with van der Waals surface area (Å²) in [5.74, 6) is 0.734. The number of pyridine rings is 1. The predicted molar refractivity (Wildman–Crippen MR) is 112 cm³/mol. The van der Waals surface area contributed by atoms with Gasteiger partial charge in [-0.1, -0.05) is 56.8 Å². The van der Waals surface area contributed by atoms with Crippen LogP contribution in [0.15, 0.2) is 36.5 Å². The molecule has 0 aliphatic carbocycles. The topological polar surface area (TPSA) is 42.4 Å². The molecule has 0 spiro atoms. The summed E-state index contributed by atoms with van der Waals surface area (Å²) < 4.78 is 6.04. The van der Waals surface area contributed by atoms with Crippen molar-refractivity contribution < 1.29 is 9.53 Å². The highest BCUT2D eigenvalue weighted by Gasteiger charge is 2.40. The van der Waals surface area contributed by atoms with Crippen LogP contribution in [0.1, 0.15) is 18.4 Å². The van der Waals surface area contributed by atoms with E-state index in [0.29, 0.717) is 39.4 Å². The van der Waals surface area contributed by atoms with E-state index in [9.17, 15) is 4.79 Å². The van der Waals surface area contributed by atoms with E-state index in [0.717, 1.165) is 5.56 Å². The fraction of sp³-hybridized carbons (Fsp3) is 0.368. The molecule has 1 aliphatic rings. The summed E-state index contributed by atoms with van der Waals surface area (Å²) >= 11 is 21.4. The molecule has 8 heteroatoms. The van der Waals surface area contributed by atoms with Gasteiger partial charge in [0.25, 0.3) is 0 Å². The highest BCUT2D eigenvalue weighted by Crippen LogP contribution is 2.38. The zero-order valence-corrected chi connectivity index (χ0v) is 18.4. The lowest BCUT2D eigenvalue weighted by Crippen LogP contribution is -2.32. The van der Waals surface area contributed by atoms with Crippen LogP contribution in [0.4, 0.5) is 0 Å². The number of nitrogens with zero attached hydrogens (tertiary/aromatic N) is 2. The minimum Gasteiger partial charge on any atom is -0.474 e. The number of ether oxygens (including phenoxy) is 1. The Bertz CT molecular complexity index is 819. The van der Waals surface area contributed by atoms with Crippen LogP contribution < -0.4 is 4.74 Å². The average Bonchev–Trinajstić information content (AvgIpc) is 3.11. The molecule has 1 aromatic carbocycles. The number of amides is 1. The van der Waals surface area contributed by atoms with E-state index in [1.165, 1.54) is 0 Å². The molecule has 144 valence electrons. The normalized spacial score (nSPS) is 20.6. The second-order valence-corrected chi connectivity index (χ2v) is 8.33. The highest BCUT2D eigenvalue weighted by molar-refractivity contribution is 9.09. The summed E-state index contributed by atoms with van der Waals surface area (Å²) in [7, 11) is 0. The van der Waals surface area contributed by atoms with Crippen LogP contribution in [-0.4, -0.2) is 40.3 Å². The zero-order valence-electron chi connectivity index (χ0n) is 14.5. The second-order valence-electron chi connectivity index (χ2n) is 6.51. The quantitative estimate of drug-likeness (QED) is 0.522. The van der Waals surface area contributed by atoms with Gasteiger partial charge in [0.1, 0.15) is 6.10 Å². The molecule has 0 bridgehead atoms. The van der Waals surface area contributed by atoms with Gasteiger partial charge in [-0.25, -0.2) is 4.98 Å². The number of benzene rings is 1. The summed E-state index contributed by atoms with van der Waals surface area (Å²) in [6.45, 7) is 3.20. The van der Waals surface area contributed by atoms with Gasteiger partial charge in [0.15, 0.2) is 0 Å². The first kappa shape index (κ1) is 20.7. The fourth-order valence-electron chi connectivity index (χ4n) is 3.40. The number of hydrogen-bond donors (Lipinski definition) is 0. The van der Waals surface area contributed by atoms with E-state index in [1.54, 1.807) is 24.4 Å². The molecule has 0 N–H and O–H groups in total. The number of carbonyl (C=O) groups excluding carboxylic acids is 1. The van der Waals surface area contributed by atoms with Crippen LogP contribution in [0.2, 0.25) is 15.1 Å². The molecule has 3 rings (SSSR count). The van der Waals surface area contributed by atoms with Crippen molar-refractivity contribution in [2.24, 2.45) is 5.92 Å². The van der Waals surface area contributed by atoms with Crippen LogP contribution >= 0.6 is 50.7 Å². The van der Waals surface area contributed by atoms with Gasteiger partial charge >= 0.3 is 0 Å². The molecule has 3 atom stereocenters. The lowest BCUT2D eigenvalue weighted by atomic mass is 9.86. The molecule has 2 aromatic rings. The largest absolute Gasteiger partial charge is 0.474 e. The van der Waals surface area contributed by atoms with Crippen LogP contribution in [-0.2, 0) is 4.79 Å². The minimum absolute atomic E-state index is 0.0550. The van der Waals surface area contributed by atoms with Gasteiger partial charge in [-0.05, 0) is 30.7 Å². The molecule has 1 fully saturated rings. The molecular weight excluding hydrogens is 474 g/mol. The van der Waals surface area contributed by atoms with E-state index in [4.69, 9.17) is 39.5 Å². The van der Waals surface area contributed by atoms with E-state index < -0.39 is 0 Å². The van der Waals surface area contributed by atoms with Crippen molar-refractivity contribution in [3.05, 3.63) is 57.2 Å². The molecule has 0 radical (unpaired) electrons. The van der Waals surface area contributed by atoms with E-state index in [-0.39, 0.29) is 23.8 Å². The Labute approximate surface area is 181 Å². The maximum Gasteiger partial charge on any atom is 0.233 e. The van der Waals surface area contributed by atoms with Crippen molar-refractivity contribution in [3.63, 3.8) is 0 Å². The number of rotatable bonds is 5. The van der Waals surface area contributed by atoms with Crippen molar-refractivity contribution in [2.45, 2.75) is 18.9 Å². The molecule has 2 heterocycles. The number of likely N-dealkylation sites (tertiary alicyclic amines) is 1. The first-order valence-electron chi connectivity index (χ1n) is 8.46. The number of carbonyl (C=O) groups is 1. The summed E-state index contributed by atoms with van der Waals surface area (Å²) in [6.07, 6.45) is 1.39. The van der Waals surface area contributed by atoms with Crippen LogP contribution in [0.5, 0.6) is 5.88 Å². The van der Waals surface area contributed by atoms with Crippen molar-refractivity contribution in [1.82, 2.24) is 9.88 Å². The highest BCUT2D eigenvalue weighted by atomic mass is 79.9. The second kappa shape index (κ2) is 8.99. The molecule has 3 unspecified atom stereocenters. The zero-order chi connectivity index (χ0) is 19.6. The Balaban J connectivity index is 1.84. The van der Waals surface area contributed by atoms with E-state index in [1.807, 2.05) is 24.0 Å². The summed E-state index contributed by atoms with van der Waals surface area (Å²) in [5, 5.41) is 1.87. The molecule has 1 amide bonds. The number of alkyl halides is 1. The Morgan fingerprint density at radius 1 is 1.26 bits per heavy atom. The summed E-state index contributed by atoms with van der Waals surface area (Å²) in [5.41, 5.74) is 1.04. The molecule has 4 nitrogen and oxygen atoms in total. The van der Waals surface area contributed by atoms with E-state index >= 15 is 0 Å². The SMILES string of the molecule is CC(Oc1ccc(Cl)cn1)C1CN(C(=O)CBr)CC1c1ccc(Cl)c(Cl)c1. The Hall–Kier alpha value is -1.01. The first-order valence-corrected chi connectivity index (χ1v) is 10.7. The lowest BCUT2D eigenvalue weighted by molar-refractivity contribution is -0.127. The average molecular weight is 493 g/mol.